The van der Waals surface area contributed by atoms with Gasteiger partial charge in [-0.3, -0.25) is 9.89 Å². The van der Waals surface area contributed by atoms with E-state index in [0.717, 1.165) is 41.9 Å². The first-order valence-electron chi connectivity index (χ1n) is 8.23. The molecule has 6 nitrogen and oxygen atoms in total. The quantitative estimate of drug-likeness (QED) is 0.348. The second-order valence-corrected chi connectivity index (χ2v) is 6.81. The van der Waals surface area contributed by atoms with E-state index in [-0.39, 0.29) is 30.0 Å². The first kappa shape index (κ1) is 21.9. The van der Waals surface area contributed by atoms with Crippen LogP contribution in [-0.2, 0) is 6.42 Å². The lowest BCUT2D eigenvalue weighted by Gasteiger charge is -2.21. The van der Waals surface area contributed by atoms with Gasteiger partial charge in [0, 0.05) is 24.9 Å². The highest BCUT2D eigenvalue weighted by molar-refractivity contribution is 14.0. The summed E-state index contributed by atoms with van der Waals surface area (Å²) in [6.45, 7) is 6.36. The lowest BCUT2D eigenvalue weighted by Crippen LogP contribution is -2.39. The minimum Gasteiger partial charge on any atom is -0.468 e. The van der Waals surface area contributed by atoms with Crippen LogP contribution in [0.4, 0.5) is 0 Å². The Kier molecular flexibility index (Phi) is 10.1. The van der Waals surface area contributed by atoms with E-state index in [0.29, 0.717) is 6.54 Å². The molecule has 0 saturated carbocycles. The van der Waals surface area contributed by atoms with Crippen LogP contribution in [0.1, 0.15) is 29.4 Å². The Morgan fingerprint density at radius 2 is 2.20 bits per heavy atom. The van der Waals surface area contributed by atoms with Crippen molar-refractivity contribution in [3.05, 3.63) is 40.2 Å². The molecule has 0 aliphatic carbocycles. The van der Waals surface area contributed by atoms with Crippen LogP contribution in [0, 0.1) is 6.92 Å². The van der Waals surface area contributed by atoms with Crippen molar-refractivity contribution in [2.24, 2.45) is 4.99 Å². The van der Waals surface area contributed by atoms with Crippen LogP contribution < -0.4 is 10.6 Å². The highest BCUT2D eigenvalue weighted by Gasteiger charge is 2.16. The minimum atomic E-state index is 0. The number of nitrogens with zero attached hydrogens (tertiary/aromatic N) is 3. The van der Waals surface area contributed by atoms with Crippen LogP contribution in [0.2, 0.25) is 0 Å². The van der Waals surface area contributed by atoms with Crippen LogP contribution in [-0.4, -0.2) is 49.6 Å². The largest absolute Gasteiger partial charge is 0.468 e. The van der Waals surface area contributed by atoms with Gasteiger partial charge in [-0.15, -0.1) is 35.3 Å². The molecule has 2 aromatic heterocycles. The minimum absolute atomic E-state index is 0. The number of aliphatic imine (C=N–C) groups is 1. The second-order valence-electron chi connectivity index (χ2n) is 5.75. The van der Waals surface area contributed by atoms with E-state index in [2.05, 4.69) is 32.8 Å². The normalized spacial score (nSPS) is 12.8. The molecule has 0 aliphatic heterocycles. The summed E-state index contributed by atoms with van der Waals surface area (Å²) in [5.41, 5.74) is 1.13. The maximum atomic E-state index is 5.53. The number of guanidine groups is 1. The van der Waals surface area contributed by atoms with Gasteiger partial charge in [-0.2, -0.15) is 0 Å². The van der Waals surface area contributed by atoms with E-state index in [4.69, 9.17) is 9.41 Å². The molecule has 2 heterocycles. The average Bonchev–Trinajstić information content (AvgIpc) is 3.19. The number of hydrogen-bond donors (Lipinski definition) is 2. The Morgan fingerprint density at radius 3 is 2.76 bits per heavy atom. The zero-order chi connectivity index (χ0) is 17.4. The molecule has 0 bridgehead atoms. The molecule has 0 saturated heterocycles. The molecule has 2 N–H and O–H groups in total. The number of aromatic nitrogens is 1. The fourth-order valence-electron chi connectivity index (χ4n) is 2.34. The number of likely N-dealkylation sites (N-methyl/N-ethyl adjacent to an activating group) is 1. The number of thiazole rings is 1. The predicted molar refractivity (Wildman–Crippen MR) is 115 cm³/mol. The molecular formula is C17H28IN5OS. The van der Waals surface area contributed by atoms with Gasteiger partial charge < -0.3 is 15.1 Å². The Morgan fingerprint density at radius 1 is 1.40 bits per heavy atom. The summed E-state index contributed by atoms with van der Waals surface area (Å²) in [5.74, 6) is 1.75. The summed E-state index contributed by atoms with van der Waals surface area (Å²) in [6, 6.07) is 4.02. The number of aryl methyl sites for hydroxylation is 1. The van der Waals surface area contributed by atoms with Crippen molar-refractivity contribution >= 4 is 41.3 Å². The van der Waals surface area contributed by atoms with Gasteiger partial charge in [0.1, 0.15) is 5.76 Å². The summed E-state index contributed by atoms with van der Waals surface area (Å²) in [7, 11) is 4.07. The molecule has 0 aliphatic rings. The monoisotopic (exact) mass is 477 g/mol. The Labute approximate surface area is 171 Å². The van der Waals surface area contributed by atoms with Crippen molar-refractivity contribution in [3.8, 4) is 0 Å². The fourth-order valence-corrected chi connectivity index (χ4v) is 2.99. The SMILES string of the molecule is CCNC(=NCC(c1ccco1)N(C)C)NCCc1csc(C)n1.I. The highest BCUT2D eigenvalue weighted by Crippen LogP contribution is 2.18. The molecule has 0 radical (unpaired) electrons. The molecule has 0 fully saturated rings. The van der Waals surface area contributed by atoms with Gasteiger partial charge in [0.25, 0.3) is 0 Å². The van der Waals surface area contributed by atoms with Crippen LogP contribution in [0.15, 0.2) is 33.2 Å². The van der Waals surface area contributed by atoms with E-state index in [1.807, 2.05) is 33.2 Å². The summed E-state index contributed by atoms with van der Waals surface area (Å²) >= 11 is 1.69. The Hall–Kier alpha value is -1.13. The summed E-state index contributed by atoms with van der Waals surface area (Å²) in [4.78, 5) is 11.3. The Bertz CT molecular complexity index is 627. The number of nitrogens with one attached hydrogen (secondary N) is 2. The van der Waals surface area contributed by atoms with Crippen molar-refractivity contribution in [3.63, 3.8) is 0 Å². The zero-order valence-corrected chi connectivity index (χ0v) is 18.4. The van der Waals surface area contributed by atoms with Crippen molar-refractivity contribution in [2.45, 2.75) is 26.3 Å². The first-order chi connectivity index (χ1) is 11.6. The third-order valence-corrected chi connectivity index (χ3v) is 4.42. The zero-order valence-electron chi connectivity index (χ0n) is 15.3. The number of rotatable bonds is 8. The standard InChI is InChI=1S/C17H27N5OS.HI/c1-5-18-17(19-9-8-14-12-24-13(2)21-14)20-11-15(22(3)4)16-7-6-10-23-16;/h6-7,10,12,15H,5,8-9,11H2,1-4H3,(H2,18,19,20);1H. The summed E-state index contributed by atoms with van der Waals surface area (Å²) < 4.78 is 5.53. The molecule has 1 atom stereocenters. The van der Waals surface area contributed by atoms with Crippen LogP contribution >= 0.6 is 35.3 Å². The predicted octanol–water partition coefficient (Wildman–Crippen LogP) is 3.06. The Balaban J connectivity index is 0.00000312. The van der Waals surface area contributed by atoms with Gasteiger partial charge in [0.15, 0.2) is 5.96 Å². The van der Waals surface area contributed by atoms with Gasteiger partial charge in [-0.05, 0) is 40.1 Å². The molecule has 25 heavy (non-hydrogen) atoms. The van der Waals surface area contributed by atoms with Gasteiger partial charge in [0.05, 0.1) is 29.6 Å². The molecule has 0 amide bonds. The van der Waals surface area contributed by atoms with Crippen LogP contribution in [0.5, 0.6) is 0 Å². The van der Waals surface area contributed by atoms with E-state index in [1.165, 1.54) is 0 Å². The maximum Gasteiger partial charge on any atom is 0.191 e. The van der Waals surface area contributed by atoms with Crippen molar-refractivity contribution in [1.82, 2.24) is 20.5 Å². The fraction of sp³-hybridized carbons (Fsp3) is 0.529. The van der Waals surface area contributed by atoms with E-state index in [1.54, 1.807) is 17.6 Å². The van der Waals surface area contributed by atoms with Crippen molar-refractivity contribution in [1.29, 1.82) is 0 Å². The molecule has 2 rings (SSSR count). The maximum absolute atomic E-state index is 5.53. The highest BCUT2D eigenvalue weighted by atomic mass is 127. The molecule has 0 spiro atoms. The third-order valence-electron chi connectivity index (χ3n) is 3.60. The molecule has 0 aromatic carbocycles. The smallest absolute Gasteiger partial charge is 0.191 e. The van der Waals surface area contributed by atoms with Crippen LogP contribution in [0.25, 0.3) is 0 Å². The topological polar surface area (TPSA) is 65.7 Å². The molecule has 1 unspecified atom stereocenters. The van der Waals surface area contributed by atoms with E-state index >= 15 is 0 Å². The van der Waals surface area contributed by atoms with E-state index < -0.39 is 0 Å². The van der Waals surface area contributed by atoms with Crippen LogP contribution in [0.3, 0.4) is 0 Å². The molecule has 140 valence electrons. The van der Waals surface area contributed by atoms with Crippen molar-refractivity contribution < 1.29 is 4.42 Å². The lowest BCUT2D eigenvalue weighted by molar-refractivity contribution is 0.265. The van der Waals surface area contributed by atoms with Gasteiger partial charge in [0.2, 0.25) is 0 Å². The first-order valence-corrected chi connectivity index (χ1v) is 9.11. The molecule has 8 heteroatoms. The lowest BCUT2D eigenvalue weighted by atomic mass is 10.2. The second kappa shape index (κ2) is 11.5. The van der Waals surface area contributed by atoms with Crippen molar-refractivity contribution in [2.75, 3.05) is 33.7 Å². The number of furan rings is 1. The molecule has 2 aromatic rings. The number of halogens is 1. The number of hydrogen-bond acceptors (Lipinski definition) is 5. The summed E-state index contributed by atoms with van der Waals surface area (Å²) in [5, 5.41) is 9.88. The van der Waals surface area contributed by atoms with Gasteiger partial charge >= 0.3 is 0 Å². The molecular weight excluding hydrogens is 449 g/mol. The third kappa shape index (κ3) is 7.33. The van der Waals surface area contributed by atoms with Gasteiger partial charge in [-0.1, -0.05) is 0 Å². The van der Waals surface area contributed by atoms with Gasteiger partial charge in [-0.25, -0.2) is 4.98 Å². The average molecular weight is 477 g/mol. The van der Waals surface area contributed by atoms with E-state index in [9.17, 15) is 0 Å². The summed E-state index contributed by atoms with van der Waals surface area (Å²) in [6.07, 6.45) is 2.60.